The van der Waals surface area contributed by atoms with Crippen LogP contribution in [-0.4, -0.2) is 12.6 Å². The molecule has 1 atom stereocenters. The molecule has 1 aromatic rings. The van der Waals surface area contributed by atoms with Crippen LogP contribution >= 0.6 is 0 Å². The third kappa shape index (κ3) is 7.87. The molecule has 1 rings (SSSR count). The Bertz CT molecular complexity index is 465. The summed E-state index contributed by atoms with van der Waals surface area (Å²) in [5.41, 5.74) is 3.36. The van der Waals surface area contributed by atoms with Crippen molar-refractivity contribution >= 4 is 11.7 Å². The third-order valence-corrected chi connectivity index (χ3v) is 3.78. The van der Waals surface area contributed by atoms with E-state index in [1.165, 1.54) is 24.0 Å². The number of amides is 2. The van der Waals surface area contributed by atoms with Gasteiger partial charge in [-0.2, -0.15) is 0 Å². The van der Waals surface area contributed by atoms with E-state index in [0.29, 0.717) is 12.5 Å². The number of anilines is 1. The molecule has 0 heterocycles. The van der Waals surface area contributed by atoms with Gasteiger partial charge in [0.05, 0.1) is 0 Å². The van der Waals surface area contributed by atoms with Crippen molar-refractivity contribution in [2.45, 2.75) is 52.9 Å². The van der Waals surface area contributed by atoms with Crippen LogP contribution in [0, 0.1) is 5.92 Å². The lowest BCUT2D eigenvalue weighted by molar-refractivity contribution is 0.250. The van der Waals surface area contributed by atoms with Gasteiger partial charge in [0.15, 0.2) is 0 Å². The van der Waals surface area contributed by atoms with Gasteiger partial charge >= 0.3 is 6.03 Å². The summed E-state index contributed by atoms with van der Waals surface area (Å²) in [6, 6.07) is 7.84. The average Bonchev–Trinajstić information content (AvgIpc) is 2.50. The van der Waals surface area contributed by atoms with E-state index in [1.54, 1.807) is 0 Å². The third-order valence-electron chi connectivity index (χ3n) is 3.78. The van der Waals surface area contributed by atoms with Gasteiger partial charge in [0.25, 0.3) is 0 Å². The normalized spacial score (nSPS) is 11.8. The SMILES string of the molecule is C=C(C)CCCCC(C)CNC(=O)Nc1ccc(CC)cc1. The second kappa shape index (κ2) is 10.0. The largest absolute Gasteiger partial charge is 0.338 e. The maximum Gasteiger partial charge on any atom is 0.319 e. The molecule has 122 valence electrons. The predicted molar refractivity (Wildman–Crippen MR) is 95.3 cm³/mol. The Morgan fingerprint density at radius 2 is 1.91 bits per heavy atom. The Labute approximate surface area is 135 Å². The highest BCUT2D eigenvalue weighted by molar-refractivity contribution is 5.89. The maximum absolute atomic E-state index is 11.9. The molecule has 1 aromatic carbocycles. The first-order chi connectivity index (χ1) is 10.5. The van der Waals surface area contributed by atoms with Crippen molar-refractivity contribution in [1.29, 1.82) is 0 Å². The zero-order chi connectivity index (χ0) is 16.4. The first-order valence-electron chi connectivity index (χ1n) is 8.29. The highest BCUT2D eigenvalue weighted by Gasteiger charge is 2.06. The van der Waals surface area contributed by atoms with Crippen molar-refractivity contribution in [2.24, 2.45) is 5.92 Å². The van der Waals surface area contributed by atoms with Crippen molar-refractivity contribution in [3.8, 4) is 0 Å². The number of allylic oxidation sites excluding steroid dienone is 1. The second-order valence-electron chi connectivity index (χ2n) is 6.19. The molecular formula is C19H30N2O. The number of benzene rings is 1. The van der Waals surface area contributed by atoms with Crippen LogP contribution in [0.5, 0.6) is 0 Å². The molecule has 1 unspecified atom stereocenters. The number of unbranched alkanes of at least 4 members (excludes halogenated alkanes) is 1. The molecule has 3 heteroatoms. The molecule has 0 radical (unpaired) electrons. The fourth-order valence-corrected chi connectivity index (χ4v) is 2.29. The standard InChI is InChI=1S/C19H30N2O/c1-5-17-10-12-18(13-11-17)21-19(22)20-14-16(4)9-7-6-8-15(2)3/h10-13,16H,2,5-9,14H2,1,3-4H3,(H2,20,21,22). The van der Waals surface area contributed by atoms with Crippen LogP contribution in [0.1, 0.15) is 52.0 Å². The fraction of sp³-hybridized carbons (Fsp3) is 0.526. The van der Waals surface area contributed by atoms with Crippen LogP contribution in [0.25, 0.3) is 0 Å². The molecule has 0 aliphatic carbocycles. The Morgan fingerprint density at radius 1 is 1.23 bits per heavy atom. The summed E-state index contributed by atoms with van der Waals surface area (Å²) in [4.78, 5) is 11.9. The number of hydrogen-bond acceptors (Lipinski definition) is 1. The van der Waals surface area contributed by atoms with E-state index < -0.39 is 0 Å². The fourth-order valence-electron chi connectivity index (χ4n) is 2.29. The molecular weight excluding hydrogens is 272 g/mol. The molecule has 0 bridgehead atoms. The number of rotatable bonds is 9. The van der Waals surface area contributed by atoms with Crippen LogP contribution in [-0.2, 0) is 6.42 Å². The quantitative estimate of drug-likeness (QED) is 0.481. The van der Waals surface area contributed by atoms with E-state index in [-0.39, 0.29) is 6.03 Å². The van der Waals surface area contributed by atoms with Crippen molar-refractivity contribution < 1.29 is 4.79 Å². The van der Waals surface area contributed by atoms with Gasteiger partial charge in [-0.3, -0.25) is 0 Å². The van der Waals surface area contributed by atoms with Crippen LogP contribution < -0.4 is 10.6 Å². The molecule has 0 saturated heterocycles. The molecule has 3 nitrogen and oxygen atoms in total. The van der Waals surface area contributed by atoms with E-state index >= 15 is 0 Å². The lowest BCUT2D eigenvalue weighted by Crippen LogP contribution is -2.32. The molecule has 0 aromatic heterocycles. The Morgan fingerprint density at radius 3 is 2.50 bits per heavy atom. The number of aryl methyl sites for hydroxylation is 1. The lowest BCUT2D eigenvalue weighted by Gasteiger charge is -2.13. The number of hydrogen-bond donors (Lipinski definition) is 2. The summed E-state index contributed by atoms with van der Waals surface area (Å²) < 4.78 is 0. The number of nitrogens with one attached hydrogen (secondary N) is 2. The van der Waals surface area contributed by atoms with Gasteiger partial charge in [0.1, 0.15) is 0 Å². The second-order valence-corrected chi connectivity index (χ2v) is 6.19. The topological polar surface area (TPSA) is 41.1 Å². The van der Waals surface area contributed by atoms with Gasteiger partial charge in [0.2, 0.25) is 0 Å². The van der Waals surface area contributed by atoms with E-state index in [2.05, 4.69) is 38.0 Å². The van der Waals surface area contributed by atoms with Gasteiger partial charge in [-0.1, -0.05) is 38.0 Å². The monoisotopic (exact) mass is 302 g/mol. The summed E-state index contributed by atoms with van der Waals surface area (Å²) in [7, 11) is 0. The highest BCUT2D eigenvalue weighted by atomic mass is 16.2. The highest BCUT2D eigenvalue weighted by Crippen LogP contribution is 2.12. The molecule has 0 saturated carbocycles. The van der Waals surface area contributed by atoms with Gasteiger partial charge in [-0.25, -0.2) is 4.79 Å². The first-order valence-corrected chi connectivity index (χ1v) is 8.29. The summed E-state index contributed by atoms with van der Waals surface area (Å²) in [5, 5.41) is 5.81. The van der Waals surface area contributed by atoms with Gasteiger partial charge in [-0.15, -0.1) is 6.58 Å². The first kappa shape index (κ1) is 18.3. The van der Waals surface area contributed by atoms with Crippen LogP contribution in [0.4, 0.5) is 10.5 Å². The minimum atomic E-state index is -0.127. The zero-order valence-electron chi connectivity index (χ0n) is 14.2. The van der Waals surface area contributed by atoms with Crippen LogP contribution in [0.2, 0.25) is 0 Å². The number of carbonyl (C=O) groups excluding carboxylic acids is 1. The van der Waals surface area contributed by atoms with Crippen molar-refractivity contribution in [3.05, 3.63) is 42.0 Å². The molecule has 0 aliphatic heterocycles. The molecule has 0 spiro atoms. The molecule has 2 N–H and O–H groups in total. The molecule has 0 aliphatic rings. The average molecular weight is 302 g/mol. The van der Waals surface area contributed by atoms with E-state index in [4.69, 9.17) is 0 Å². The Balaban J connectivity index is 2.20. The molecule has 0 fully saturated rings. The maximum atomic E-state index is 11.9. The van der Waals surface area contributed by atoms with E-state index in [9.17, 15) is 4.79 Å². The van der Waals surface area contributed by atoms with E-state index in [1.807, 2.05) is 24.3 Å². The smallest absolute Gasteiger partial charge is 0.319 e. The van der Waals surface area contributed by atoms with Gasteiger partial charge in [0, 0.05) is 12.2 Å². The Kier molecular flexibility index (Phi) is 8.34. The van der Waals surface area contributed by atoms with Crippen molar-refractivity contribution in [3.63, 3.8) is 0 Å². The van der Waals surface area contributed by atoms with Crippen molar-refractivity contribution in [2.75, 3.05) is 11.9 Å². The van der Waals surface area contributed by atoms with Crippen molar-refractivity contribution in [1.82, 2.24) is 5.32 Å². The number of carbonyl (C=O) groups is 1. The summed E-state index contributed by atoms with van der Waals surface area (Å²) >= 11 is 0. The lowest BCUT2D eigenvalue weighted by atomic mass is 10.0. The predicted octanol–water partition coefficient (Wildman–Crippen LogP) is 5.14. The van der Waals surface area contributed by atoms with Crippen LogP contribution in [0.3, 0.4) is 0 Å². The van der Waals surface area contributed by atoms with Crippen LogP contribution in [0.15, 0.2) is 36.4 Å². The summed E-state index contributed by atoms with van der Waals surface area (Å²) in [5.74, 6) is 0.498. The minimum absolute atomic E-state index is 0.127. The minimum Gasteiger partial charge on any atom is -0.338 e. The molecule has 22 heavy (non-hydrogen) atoms. The Hall–Kier alpha value is -1.77. The summed E-state index contributed by atoms with van der Waals surface area (Å²) in [6.07, 6.45) is 5.63. The van der Waals surface area contributed by atoms with Gasteiger partial charge < -0.3 is 10.6 Å². The summed E-state index contributed by atoms with van der Waals surface area (Å²) in [6.45, 7) is 11.0. The van der Waals surface area contributed by atoms with Gasteiger partial charge in [-0.05, 0) is 56.2 Å². The number of urea groups is 1. The van der Waals surface area contributed by atoms with E-state index in [0.717, 1.165) is 24.9 Å². The molecule has 2 amide bonds. The zero-order valence-corrected chi connectivity index (χ0v) is 14.2.